The van der Waals surface area contributed by atoms with Crippen LogP contribution in [0, 0.1) is 13.8 Å². The Hall–Kier alpha value is -2.80. The van der Waals surface area contributed by atoms with Gasteiger partial charge in [0.15, 0.2) is 0 Å². The van der Waals surface area contributed by atoms with Gasteiger partial charge in [-0.3, -0.25) is 14.5 Å². The Balaban J connectivity index is 0.00000249. The van der Waals surface area contributed by atoms with E-state index in [4.69, 9.17) is 4.74 Å². The van der Waals surface area contributed by atoms with Gasteiger partial charge in [-0.05, 0) is 52.3 Å². The monoisotopic (exact) mass is 458 g/mol. The van der Waals surface area contributed by atoms with Gasteiger partial charge in [0, 0.05) is 9.80 Å². The van der Waals surface area contributed by atoms with Gasteiger partial charge in [-0.1, -0.05) is 62.5 Å². The number of thioether (sulfide) groups is 1. The minimum absolute atomic E-state index is 0.253. The Kier molecular flexibility index (Phi) is 9.97. The number of imide groups is 1. The molecule has 2 rings (SSSR count). The fourth-order valence-corrected chi connectivity index (χ4v) is 3.88. The number of aryl methyl sites for hydroxylation is 2. The van der Waals surface area contributed by atoms with E-state index in [0.717, 1.165) is 25.8 Å². The third-order valence-electron chi connectivity index (χ3n) is 4.23. The summed E-state index contributed by atoms with van der Waals surface area (Å²) >= 11 is 1.41. The summed E-state index contributed by atoms with van der Waals surface area (Å²) in [5, 5.41) is 0. The van der Waals surface area contributed by atoms with Gasteiger partial charge in [0.2, 0.25) is 0 Å². The first-order valence-corrected chi connectivity index (χ1v) is 11.4. The molecule has 1 aromatic carbocycles. The number of hydrogen-bond acceptors (Lipinski definition) is 5. The minimum Gasteiger partial charge on any atom is -0.444 e. The summed E-state index contributed by atoms with van der Waals surface area (Å²) in [6.45, 7) is 20.3. The highest BCUT2D eigenvalue weighted by Gasteiger charge is 2.37. The van der Waals surface area contributed by atoms with Crippen LogP contribution in [0.3, 0.4) is 0 Å². The molecule has 0 atom stereocenters. The number of carbonyl (C=O) groups is 3. The maximum Gasteiger partial charge on any atom is 0.411 e. The van der Waals surface area contributed by atoms with Gasteiger partial charge < -0.3 is 4.74 Å². The second kappa shape index (κ2) is 11.7. The van der Waals surface area contributed by atoms with Crippen LogP contribution in [-0.4, -0.2) is 46.4 Å². The molecule has 1 fully saturated rings. The molecule has 0 aromatic heterocycles. The van der Waals surface area contributed by atoms with Gasteiger partial charge in [-0.25, -0.2) is 9.69 Å². The van der Waals surface area contributed by atoms with Crippen molar-refractivity contribution in [2.75, 3.05) is 13.1 Å². The number of amides is 3. The molecule has 6 nitrogen and oxygen atoms in total. The molecule has 0 saturated carbocycles. The second-order valence-electron chi connectivity index (χ2n) is 7.99. The molecule has 1 aliphatic rings. The maximum absolute atomic E-state index is 12.8. The molecule has 0 bridgehead atoms. The van der Waals surface area contributed by atoms with Crippen LogP contribution in [0.2, 0.25) is 0 Å². The Morgan fingerprint density at radius 2 is 1.62 bits per heavy atom. The highest BCUT2D eigenvalue weighted by Crippen LogP contribution is 2.34. The van der Waals surface area contributed by atoms with Crippen molar-refractivity contribution in [3.63, 3.8) is 0 Å². The Morgan fingerprint density at radius 3 is 2.06 bits per heavy atom. The molecule has 0 unspecified atom stereocenters. The summed E-state index contributed by atoms with van der Waals surface area (Å²) in [6, 6.07) is 6.05. The summed E-state index contributed by atoms with van der Waals surface area (Å²) in [5.74, 6) is -1.04. The van der Waals surface area contributed by atoms with Gasteiger partial charge in [-0.15, -0.1) is 0 Å². The lowest BCUT2D eigenvalue weighted by Crippen LogP contribution is -2.55. The third kappa shape index (κ3) is 7.12. The first-order valence-electron chi connectivity index (χ1n) is 10.5. The molecule has 0 spiro atoms. The van der Waals surface area contributed by atoms with E-state index in [-0.39, 0.29) is 13.1 Å². The Bertz CT molecular complexity index is 910. The predicted molar refractivity (Wildman–Crippen MR) is 130 cm³/mol. The van der Waals surface area contributed by atoms with Crippen molar-refractivity contribution < 1.29 is 19.1 Å². The molecule has 7 heteroatoms. The van der Waals surface area contributed by atoms with E-state index in [2.05, 4.69) is 19.2 Å². The van der Waals surface area contributed by atoms with E-state index in [1.165, 1.54) is 17.8 Å². The average molecular weight is 459 g/mol. The van der Waals surface area contributed by atoms with Crippen LogP contribution in [0.5, 0.6) is 0 Å². The second-order valence-corrected chi connectivity index (χ2v) is 9.07. The lowest BCUT2D eigenvalue weighted by molar-refractivity contribution is -0.148. The van der Waals surface area contributed by atoms with E-state index in [1.54, 1.807) is 26.8 Å². The molecule has 3 amide bonds. The van der Waals surface area contributed by atoms with Crippen LogP contribution in [-0.2, 0) is 14.3 Å². The molecule has 174 valence electrons. The predicted octanol–water partition coefficient (Wildman–Crippen LogP) is 5.61. The third-order valence-corrected chi connectivity index (χ3v) is 5.50. The van der Waals surface area contributed by atoms with Crippen molar-refractivity contribution in [1.29, 1.82) is 0 Å². The molecule has 0 radical (unpaired) electrons. The first-order chi connectivity index (χ1) is 15.0. The Labute approximate surface area is 196 Å². The van der Waals surface area contributed by atoms with E-state index in [0.29, 0.717) is 10.6 Å². The number of benzene rings is 1. The number of rotatable bonds is 5. The summed E-state index contributed by atoms with van der Waals surface area (Å²) < 4.78 is 5.28. The van der Waals surface area contributed by atoms with Crippen molar-refractivity contribution in [2.24, 2.45) is 0 Å². The quantitative estimate of drug-likeness (QED) is 0.326. The van der Waals surface area contributed by atoms with Crippen LogP contribution < -0.4 is 0 Å². The van der Waals surface area contributed by atoms with Gasteiger partial charge in [0.25, 0.3) is 11.8 Å². The average Bonchev–Trinajstić information content (AvgIpc) is 2.71. The zero-order valence-electron chi connectivity index (χ0n) is 20.2. The fraction of sp³-hybridized carbons (Fsp3) is 0.400. The van der Waals surface area contributed by atoms with Crippen molar-refractivity contribution in [2.45, 2.75) is 59.0 Å². The highest BCUT2D eigenvalue weighted by molar-refractivity contribution is 8.03. The number of hydrogen-bond donors (Lipinski definition) is 0. The SMILES string of the molecule is C=C/C(Sc1ccc(C)cc1C)=C(\C=C)N1C(=O)CN(C(=O)OC(C)(C)C)CC1=O.CC. The van der Waals surface area contributed by atoms with Gasteiger partial charge in [-0.2, -0.15) is 0 Å². The topological polar surface area (TPSA) is 66.9 Å². The normalized spacial score (nSPS) is 14.8. The van der Waals surface area contributed by atoms with Crippen LogP contribution in [0.1, 0.15) is 45.7 Å². The molecule has 0 aliphatic carbocycles. The maximum atomic E-state index is 12.8. The zero-order valence-corrected chi connectivity index (χ0v) is 21.0. The number of piperazine rings is 1. The number of ether oxygens (including phenoxy) is 1. The van der Waals surface area contributed by atoms with Crippen molar-refractivity contribution in [3.05, 3.63) is 65.2 Å². The van der Waals surface area contributed by atoms with E-state index in [1.807, 2.05) is 39.8 Å². The summed E-state index contributed by atoms with van der Waals surface area (Å²) in [5.41, 5.74) is 1.86. The minimum atomic E-state index is -0.717. The van der Waals surface area contributed by atoms with Crippen LogP contribution in [0.15, 0.2) is 59.0 Å². The lowest BCUT2D eigenvalue weighted by atomic mass is 10.2. The lowest BCUT2D eigenvalue weighted by Gasteiger charge is -2.34. The summed E-state index contributed by atoms with van der Waals surface area (Å²) in [4.78, 5) is 41.7. The molecule has 32 heavy (non-hydrogen) atoms. The molecule has 1 aliphatic heterocycles. The largest absolute Gasteiger partial charge is 0.444 e. The van der Waals surface area contributed by atoms with Gasteiger partial charge >= 0.3 is 6.09 Å². The smallest absolute Gasteiger partial charge is 0.411 e. The molecule has 0 N–H and O–H groups in total. The first kappa shape index (κ1) is 27.2. The number of nitrogens with zero attached hydrogens (tertiary/aromatic N) is 2. The van der Waals surface area contributed by atoms with E-state index in [9.17, 15) is 14.4 Å². The van der Waals surface area contributed by atoms with Gasteiger partial charge in [0.05, 0.1) is 5.70 Å². The molecule has 1 heterocycles. The molecular weight excluding hydrogens is 424 g/mol. The number of allylic oxidation sites excluding steroid dienone is 2. The zero-order chi connectivity index (χ0) is 24.6. The summed E-state index contributed by atoms with van der Waals surface area (Å²) in [6.07, 6.45) is 2.37. The van der Waals surface area contributed by atoms with Gasteiger partial charge in [0.1, 0.15) is 18.7 Å². The number of carbonyl (C=O) groups excluding carboxylic acids is 3. The van der Waals surface area contributed by atoms with E-state index >= 15 is 0 Å². The van der Waals surface area contributed by atoms with Crippen molar-refractivity contribution in [3.8, 4) is 0 Å². The summed E-state index contributed by atoms with van der Waals surface area (Å²) in [7, 11) is 0. The van der Waals surface area contributed by atoms with Crippen LogP contribution >= 0.6 is 11.8 Å². The molecular formula is C25H34N2O4S. The molecule has 1 aromatic rings. The van der Waals surface area contributed by atoms with Crippen LogP contribution in [0.4, 0.5) is 4.79 Å². The molecule has 1 saturated heterocycles. The Morgan fingerprint density at radius 1 is 1.06 bits per heavy atom. The fourth-order valence-electron chi connectivity index (χ4n) is 2.92. The van der Waals surface area contributed by atoms with E-state index < -0.39 is 23.5 Å². The van der Waals surface area contributed by atoms with Crippen LogP contribution in [0.25, 0.3) is 0 Å². The van der Waals surface area contributed by atoms with Crippen molar-refractivity contribution >= 4 is 29.7 Å². The standard InChI is InChI=1S/C23H28N2O4S.C2H6/c1-8-17(18(9-2)30-19-11-10-15(3)12-16(19)4)25-20(26)13-24(14-21(25)27)22(28)29-23(5,6)7;1-2/h8-12H,1-2,13-14H2,3-7H3;1-2H3/b18-17-;. The van der Waals surface area contributed by atoms with Crippen molar-refractivity contribution in [1.82, 2.24) is 9.80 Å². The highest BCUT2D eigenvalue weighted by atomic mass is 32.2.